The van der Waals surface area contributed by atoms with Crippen molar-refractivity contribution in [2.45, 2.75) is 51.1 Å². The van der Waals surface area contributed by atoms with E-state index in [1.54, 1.807) is 24.3 Å². The van der Waals surface area contributed by atoms with Gasteiger partial charge in [-0.25, -0.2) is 13.4 Å². The molecule has 0 radical (unpaired) electrons. The lowest BCUT2D eigenvalue weighted by molar-refractivity contribution is -0.119. The van der Waals surface area contributed by atoms with Crippen molar-refractivity contribution in [2.75, 3.05) is 4.72 Å². The summed E-state index contributed by atoms with van der Waals surface area (Å²) in [5, 5.41) is 2.89. The number of nitrogens with one attached hydrogen (secondary N) is 2. The molecule has 152 valence electrons. The van der Waals surface area contributed by atoms with E-state index in [1.165, 1.54) is 6.92 Å². The molecule has 2 N–H and O–H groups in total. The topological polar surface area (TPSA) is 93.1 Å². The zero-order chi connectivity index (χ0) is 20.8. The van der Waals surface area contributed by atoms with Crippen LogP contribution in [0.15, 0.2) is 41.3 Å². The number of hydrogen-bond acceptors (Lipinski definition) is 4. The summed E-state index contributed by atoms with van der Waals surface area (Å²) in [5.41, 5.74) is 4.14. The van der Waals surface area contributed by atoms with Gasteiger partial charge in [0, 0.05) is 13.5 Å². The quantitative estimate of drug-likeness (QED) is 0.672. The Hall–Kier alpha value is -2.87. The highest BCUT2D eigenvalue weighted by Gasteiger charge is 2.26. The fraction of sp³-hybridized carbons (Fsp3) is 0.333. The van der Waals surface area contributed by atoms with Crippen LogP contribution in [0.1, 0.15) is 43.3 Å². The van der Waals surface area contributed by atoms with Crippen molar-refractivity contribution in [3.05, 3.63) is 53.3 Å². The van der Waals surface area contributed by atoms with Crippen LogP contribution in [0.5, 0.6) is 0 Å². The molecule has 2 aromatic carbocycles. The predicted molar refractivity (Wildman–Crippen MR) is 112 cm³/mol. The summed E-state index contributed by atoms with van der Waals surface area (Å²) in [6.45, 7) is 6.26. The number of benzene rings is 2. The molecule has 4 rings (SSSR count). The molecule has 1 aromatic heterocycles. The predicted octanol–water partition coefficient (Wildman–Crippen LogP) is 3.29. The highest BCUT2D eigenvalue weighted by atomic mass is 32.2. The molecule has 7 nitrogen and oxygen atoms in total. The molecule has 8 heteroatoms. The van der Waals surface area contributed by atoms with Crippen LogP contribution < -0.4 is 10.0 Å². The minimum atomic E-state index is -3.76. The number of rotatable bonds is 5. The summed E-state index contributed by atoms with van der Waals surface area (Å²) < 4.78 is 30.7. The van der Waals surface area contributed by atoms with Crippen LogP contribution in [0.3, 0.4) is 0 Å². The van der Waals surface area contributed by atoms with Crippen molar-refractivity contribution in [3.8, 4) is 0 Å². The first-order chi connectivity index (χ1) is 13.8. The monoisotopic (exact) mass is 412 g/mol. The van der Waals surface area contributed by atoms with E-state index in [2.05, 4.69) is 19.6 Å². The van der Waals surface area contributed by atoms with E-state index in [1.807, 2.05) is 26.0 Å². The van der Waals surface area contributed by atoms with Gasteiger partial charge in [0.2, 0.25) is 5.91 Å². The van der Waals surface area contributed by atoms with Crippen LogP contribution in [0.4, 0.5) is 5.69 Å². The van der Waals surface area contributed by atoms with Gasteiger partial charge in [-0.05, 0) is 68.1 Å². The molecular formula is C21H24N4O3S. The number of imidazole rings is 1. The Morgan fingerprint density at radius 2 is 2.03 bits per heavy atom. The third-order valence-electron chi connectivity index (χ3n) is 5.39. The van der Waals surface area contributed by atoms with Crippen molar-refractivity contribution in [1.29, 1.82) is 0 Å². The number of amides is 1. The normalized spacial score (nSPS) is 16.0. The van der Waals surface area contributed by atoms with Gasteiger partial charge in [-0.1, -0.05) is 6.07 Å². The number of carbonyl (C=O) groups excluding carboxylic acids is 1. The van der Waals surface area contributed by atoms with Crippen LogP contribution in [0.2, 0.25) is 0 Å². The molecule has 1 aliphatic rings. The SMILES string of the molecule is CCn1c(C)nc2cc(NS(=O)(=O)c3ccc4c(c3)[C@H](NC(C)=O)CC4)ccc21. The Bertz CT molecular complexity index is 1210. The van der Waals surface area contributed by atoms with Crippen molar-refractivity contribution < 1.29 is 13.2 Å². The van der Waals surface area contributed by atoms with Gasteiger partial charge in [-0.3, -0.25) is 9.52 Å². The molecule has 0 fully saturated rings. The molecule has 0 aliphatic heterocycles. The number of nitrogens with zero attached hydrogens (tertiary/aromatic N) is 2. The van der Waals surface area contributed by atoms with Crippen LogP contribution in [0.25, 0.3) is 11.0 Å². The van der Waals surface area contributed by atoms with Crippen molar-refractivity contribution in [3.63, 3.8) is 0 Å². The van der Waals surface area contributed by atoms with Crippen molar-refractivity contribution in [1.82, 2.24) is 14.9 Å². The summed E-state index contributed by atoms with van der Waals surface area (Å²) in [6, 6.07) is 10.4. The number of fused-ring (bicyclic) bond motifs is 2. The number of carbonyl (C=O) groups is 1. The third kappa shape index (κ3) is 3.60. The van der Waals surface area contributed by atoms with Crippen LogP contribution in [-0.2, 0) is 27.8 Å². The summed E-state index contributed by atoms with van der Waals surface area (Å²) in [5.74, 6) is 0.773. The molecule has 0 saturated carbocycles. The number of hydrogen-bond donors (Lipinski definition) is 2. The minimum absolute atomic E-state index is 0.121. The maximum Gasteiger partial charge on any atom is 0.261 e. The second-order valence-electron chi connectivity index (χ2n) is 7.36. The molecule has 1 amide bonds. The van der Waals surface area contributed by atoms with E-state index in [4.69, 9.17) is 0 Å². The lowest BCUT2D eigenvalue weighted by atomic mass is 10.1. The maximum atomic E-state index is 13.0. The largest absolute Gasteiger partial charge is 0.350 e. The van der Waals surface area contributed by atoms with Gasteiger partial charge >= 0.3 is 0 Å². The van der Waals surface area contributed by atoms with E-state index in [9.17, 15) is 13.2 Å². The molecule has 3 aromatic rings. The number of aryl methyl sites for hydroxylation is 3. The van der Waals surface area contributed by atoms with Gasteiger partial charge in [0.1, 0.15) is 5.82 Å². The van der Waals surface area contributed by atoms with E-state index in [-0.39, 0.29) is 16.8 Å². The van der Waals surface area contributed by atoms with Crippen LogP contribution >= 0.6 is 0 Å². The first kappa shape index (κ1) is 19.4. The van der Waals surface area contributed by atoms with E-state index in [0.717, 1.165) is 47.4 Å². The first-order valence-electron chi connectivity index (χ1n) is 9.68. The first-order valence-corrected chi connectivity index (χ1v) is 11.2. The smallest absolute Gasteiger partial charge is 0.261 e. The molecule has 0 spiro atoms. The standard InChI is InChI=1S/C21H24N4O3S/c1-4-25-13(2)22-20-11-16(7-10-21(20)25)24-29(27,28)17-8-5-15-6-9-19(18(15)12-17)23-14(3)26/h5,7-8,10-12,19,24H,4,6,9H2,1-3H3,(H,23,26)/t19-/m1/s1. The summed E-state index contributed by atoms with van der Waals surface area (Å²) in [7, 11) is -3.76. The number of sulfonamides is 1. The fourth-order valence-corrected chi connectivity index (χ4v) is 5.15. The number of aromatic nitrogens is 2. The average Bonchev–Trinajstić information content (AvgIpc) is 3.19. The lowest BCUT2D eigenvalue weighted by Crippen LogP contribution is -2.24. The summed E-state index contributed by atoms with van der Waals surface area (Å²) in [6.07, 6.45) is 1.60. The zero-order valence-electron chi connectivity index (χ0n) is 16.7. The molecule has 1 atom stereocenters. The summed E-state index contributed by atoms with van der Waals surface area (Å²) in [4.78, 5) is 16.1. The molecule has 0 bridgehead atoms. The van der Waals surface area contributed by atoms with Gasteiger partial charge in [0.25, 0.3) is 10.0 Å². The average molecular weight is 413 g/mol. The zero-order valence-corrected chi connectivity index (χ0v) is 17.5. The highest BCUT2D eigenvalue weighted by molar-refractivity contribution is 7.92. The maximum absolute atomic E-state index is 13.0. The molecule has 29 heavy (non-hydrogen) atoms. The Morgan fingerprint density at radius 1 is 1.24 bits per heavy atom. The van der Waals surface area contributed by atoms with E-state index < -0.39 is 10.0 Å². The fourth-order valence-electron chi connectivity index (χ4n) is 4.07. The second-order valence-corrected chi connectivity index (χ2v) is 9.05. The molecule has 0 saturated heterocycles. The Labute approximate surface area is 170 Å². The second kappa shape index (κ2) is 7.18. The minimum Gasteiger partial charge on any atom is -0.350 e. The van der Waals surface area contributed by atoms with Crippen LogP contribution in [0, 0.1) is 6.92 Å². The molecule has 1 aliphatic carbocycles. The highest BCUT2D eigenvalue weighted by Crippen LogP contribution is 2.33. The van der Waals surface area contributed by atoms with Crippen molar-refractivity contribution >= 4 is 32.7 Å². The van der Waals surface area contributed by atoms with E-state index in [0.29, 0.717) is 5.69 Å². The number of anilines is 1. The van der Waals surface area contributed by atoms with Crippen LogP contribution in [-0.4, -0.2) is 23.9 Å². The van der Waals surface area contributed by atoms with E-state index >= 15 is 0 Å². The molecule has 0 unspecified atom stereocenters. The Morgan fingerprint density at radius 3 is 2.76 bits per heavy atom. The van der Waals surface area contributed by atoms with Gasteiger partial charge in [0.15, 0.2) is 0 Å². The van der Waals surface area contributed by atoms with Gasteiger partial charge < -0.3 is 9.88 Å². The van der Waals surface area contributed by atoms with Gasteiger partial charge in [-0.2, -0.15) is 0 Å². The Balaban J connectivity index is 1.64. The van der Waals surface area contributed by atoms with Crippen molar-refractivity contribution in [2.24, 2.45) is 0 Å². The van der Waals surface area contributed by atoms with Gasteiger partial charge in [-0.15, -0.1) is 0 Å². The Kier molecular flexibility index (Phi) is 4.82. The molecular weight excluding hydrogens is 388 g/mol. The lowest BCUT2D eigenvalue weighted by Gasteiger charge is -2.14. The summed E-state index contributed by atoms with van der Waals surface area (Å²) >= 11 is 0. The molecule has 1 heterocycles. The third-order valence-corrected chi connectivity index (χ3v) is 6.77. The van der Waals surface area contributed by atoms with Gasteiger partial charge in [0.05, 0.1) is 27.7 Å².